The minimum atomic E-state index is -0.394. The van der Waals surface area contributed by atoms with Crippen LogP contribution in [0.1, 0.15) is 24.3 Å². The van der Waals surface area contributed by atoms with Crippen LogP contribution in [0.4, 0.5) is 5.69 Å². The molecule has 3 rings (SSSR count). The zero-order chi connectivity index (χ0) is 16.2. The third-order valence-corrected chi connectivity index (χ3v) is 4.25. The molecule has 2 N–H and O–H groups in total. The Hall–Kier alpha value is -2.62. The number of amides is 2. The number of nitrogens with zero attached hydrogens (tertiary/aromatic N) is 1. The van der Waals surface area contributed by atoms with Crippen LogP contribution >= 0.6 is 0 Å². The highest BCUT2D eigenvalue weighted by Crippen LogP contribution is 2.48. The highest BCUT2D eigenvalue weighted by Gasteiger charge is 2.45. The second kappa shape index (κ2) is 6.65. The maximum absolute atomic E-state index is 12.9. The Bertz CT molecular complexity index is 685. The van der Waals surface area contributed by atoms with Gasteiger partial charge in [-0.3, -0.25) is 9.59 Å². The van der Waals surface area contributed by atoms with E-state index in [1.807, 2.05) is 48.5 Å². The first-order chi connectivity index (χ1) is 11.2. The van der Waals surface area contributed by atoms with E-state index in [0.29, 0.717) is 6.54 Å². The fourth-order valence-electron chi connectivity index (χ4n) is 2.93. The van der Waals surface area contributed by atoms with E-state index in [9.17, 15) is 9.59 Å². The zero-order valence-corrected chi connectivity index (χ0v) is 12.9. The largest absolute Gasteiger partial charge is 0.370 e. The molecule has 23 heavy (non-hydrogen) atoms. The number of hydrogen-bond donors (Lipinski definition) is 1. The average molecular weight is 308 g/mol. The first-order valence-electron chi connectivity index (χ1n) is 7.86. The monoisotopic (exact) mass is 308 g/mol. The lowest BCUT2D eigenvalue weighted by atomic mass is 10.1. The van der Waals surface area contributed by atoms with Crippen molar-refractivity contribution in [3.05, 3.63) is 66.2 Å². The molecule has 0 bridgehead atoms. The Kier molecular flexibility index (Phi) is 4.42. The van der Waals surface area contributed by atoms with Crippen molar-refractivity contribution in [3.8, 4) is 0 Å². The molecule has 2 atom stereocenters. The van der Waals surface area contributed by atoms with Gasteiger partial charge in [0.25, 0.3) is 0 Å². The molecule has 4 nitrogen and oxygen atoms in total. The summed E-state index contributed by atoms with van der Waals surface area (Å²) in [5.41, 5.74) is 7.27. The number of rotatable bonds is 6. The summed E-state index contributed by atoms with van der Waals surface area (Å²) in [6.07, 6.45) is 1.03. The summed E-state index contributed by atoms with van der Waals surface area (Å²) in [6.45, 7) is 0.330. The summed E-state index contributed by atoms with van der Waals surface area (Å²) >= 11 is 0. The fourth-order valence-corrected chi connectivity index (χ4v) is 2.93. The van der Waals surface area contributed by atoms with E-state index >= 15 is 0 Å². The van der Waals surface area contributed by atoms with Crippen molar-refractivity contribution in [3.63, 3.8) is 0 Å². The Labute approximate surface area is 135 Å². The number of carbonyl (C=O) groups excluding carboxylic acids is 2. The summed E-state index contributed by atoms with van der Waals surface area (Å²) in [7, 11) is 0. The van der Waals surface area contributed by atoms with Gasteiger partial charge in [0.05, 0.1) is 0 Å². The topological polar surface area (TPSA) is 63.4 Å². The minimum absolute atomic E-state index is 0.00881. The number of nitrogens with two attached hydrogens (primary N) is 1. The van der Waals surface area contributed by atoms with Gasteiger partial charge in [0.2, 0.25) is 11.8 Å². The Morgan fingerprint density at radius 1 is 1.00 bits per heavy atom. The summed E-state index contributed by atoms with van der Waals surface area (Å²) < 4.78 is 0. The number of para-hydroxylation sites is 1. The minimum Gasteiger partial charge on any atom is -0.370 e. The molecule has 1 saturated carbocycles. The molecule has 2 amide bonds. The second-order valence-corrected chi connectivity index (χ2v) is 5.90. The molecule has 2 aromatic rings. The summed E-state index contributed by atoms with van der Waals surface area (Å²) in [6, 6.07) is 19.6. The third-order valence-electron chi connectivity index (χ3n) is 4.25. The van der Waals surface area contributed by atoms with Crippen molar-refractivity contribution in [1.82, 2.24) is 0 Å². The molecule has 0 radical (unpaired) electrons. The highest BCUT2D eigenvalue weighted by molar-refractivity contribution is 5.98. The van der Waals surface area contributed by atoms with Gasteiger partial charge in [-0.2, -0.15) is 0 Å². The molecule has 1 aliphatic rings. The smallest absolute Gasteiger partial charge is 0.230 e. The molecular formula is C19H20N2O2. The molecule has 0 saturated heterocycles. The summed E-state index contributed by atoms with van der Waals surface area (Å²) in [4.78, 5) is 25.7. The molecule has 2 aromatic carbocycles. The van der Waals surface area contributed by atoms with E-state index in [2.05, 4.69) is 12.1 Å². The van der Waals surface area contributed by atoms with Crippen molar-refractivity contribution in [2.24, 2.45) is 11.7 Å². The van der Waals surface area contributed by atoms with Gasteiger partial charge in [0, 0.05) is 24.6 Å². The van der Waals surface area contributed by atoms with E-state index in [1.165, 1.54) is 5.56 Å². The van der Waals surface area contributed by atoms with Crippen LogP contribution in [0.25, 0.3) is 0 Å². The Morgan fingerprint density at radius 2 is 1.61 bits per heavy atom. The predicted octanol–water partition coefficient (Wildman–Crippen LogP) is 2.70. The van der Waals surface area contributed by atoms with Crippen LogP contribution in [0, 0.1) is 5.92 Å². The van der Waals surface area contributed by atoms with Gasteiger partial charge < -0.3 is 10.6 Å². The summed E-state index contributed by atoms with van der Waals surface area (Å²) in [5, 5.41) is 0. The van der Waals surface area contributed by atoms with Crippen LogP contribution in [0.5, 0.6) is 0 Å². The van der Waals surface area contributed by atoms with Gasteiger partial charge in [-0.1, -0.05) is 48.5 Å². The van der Waals surface area contributed by atoms with E-state index < -0.39 is 5.91 Å². The fraction of sp³-hybridized carbons (Fsp3) is 0.263. The number of benzene rings is 2. The van der Waals surface area contributed by atoms with E-state index in [-0.39, 0.29) is 24.2 Å². The molecule has 0 unspecified atom stereocenters. The van der Waals surface area contributed by atoms with Gasteiger partial charge in [-0.15, -0.1) is 0 Å². The molecule has 0 aliphatic heterocycles. The van der Waals surface area contributed by atoms with E-state index in [1.54, 1.807) is 4.90 Å². The van der Waals surface area contributed by atoms with Crippen molar-refractivity contribution in [2.45, 2.75) is 18.8 Å². The van der Waals surface area contributed by atoms with Crippen LogP contribution in [-0.2, 0) is 9.59 Å². The van der Waals surface area contributed by atoms with Crippen LogP contribution in [0.15, 0.2) is 60.7 Å². The highest BCUT2D eigenvalue weighted by atomic mass is 16.2. The predicted molar refractivity (Wildman–Crippen MR) is 89.9 cm³/mol. The average Bonchev–Trinajstić information content (AvgIpc) is 3.37. The second-order valence-electron chi connectivity index (χ2n) is 5.90. The van der Waals surface area contributed by atoms with Crippen molar-refractivity contribution < 1.29 is 9.59 Å². The summed E-state index contributed by atoms with van der Waals surface area (Å²) in [5.74, 6) is -0.0468. The Morgan fingerprint density at radius 3 is 2.22 bits per heavy atom. The number of hydrogen-bond acceptors (Lipinski definition) is 2. The number of primary amides is 1. The SMILES string of the molecule is NC(=O)CCN(C(=O)[C@H]1C[C@@H]1c1ccccc1)c1ccccc1. The zero-order valence-electron chi connectivity index (χ0n) is 12.9. The van der Waals surface area contributed by atoms with E-state index in [4.69, 9.17) is 5.73 Å². The molecule has 0 aromatic heterocycles. The molecule has 4 heteroatoms. The van der Waals surface area contributed by atoms with Crippen LogP contribution < -0.4 is 10.6 Å². The molecule has 0 heterocycles. The van der Waals surface area contributed by atoms with Gasteiger partial charge in [0.15, 0.2) is 0 Å². The van der Waals surface area contributed by atoms with Gasteiger partial charge >= 0.3 is 0 Å². The first kappa shape index (κ1) is 15.3. The molecule has 118 valence electrons. The molecular weight excluding hydrogens is 288 g/mol. The molecule has 0 spiro atoms. The number of anilines is 1. The van der Waals surface area contributed by atoms with Crippen LogP contribution in [0.2, 0.25) is 0 Å². The van der Waals surface area contributed by atoms with Crippen LogP contribution in [-0.4, -0.2) is 18.4 Å². The van der Waals surface area contributed by atoms with Gasteiger partial charge in [-0.25, -0.2) is 0 Å². The molecule has 1 fully saturated rings. The van der Waals surface area contributed by atoms with E-state index in [0.717, 1.165) is 12.1 Å². The normalized spacial score (nSPS) is 19.1. The number of carbonyl (C=O) groups is 2. The lowest BCUT2D eigenvalue weighted by Crippen LogP contribution is -2.35. The standard InChI is InChI=1S/C19H20N2O2/c20-18(22)11-12-21(15-9-5-2-6-10-15)19(23)17-13-16(17)14-7-3-1-4-8-14/h1-10,16-17H,11-13H2,(H2,20,22)/t16-,17+/m1/s1. The molecule has 1 aliphatic carbocycles. The quantitative estimate of drug-likeness (QED) is 0.891. The maximum Gasteiger partial charge on any atom is 0.230 e. The third kappa shape index (κ3) is 3.59. The first-order valence-corrected chi connectivity index (χ1v) is 7.86. The van der Waals surface area contributed by atoms with Crippen LogP contribution in [0.3, 0.4) is 0 Å². The van der Waals surface area contributed by atoms with Crippen molar-refractivity contribution in [1.29, 1.82) is 0 Å². The van der Waals surface area contributed by atoms with Gasteiger partial charge in [0.1, 0.15) is 0 Å². The van der Waals surface area contributed by atoms with Crippen molar-refractivity contribution in [2.75, 3.05) is 11.4 Å². The lowest BCUT2D eigenvalue weighted by Gasteiger charge is -2.22. The Balaban J connectivity index is 1.75. The van der Waals surface area contributed by atoms with Gasteiger partial charge in [-0.05, 0) is 30.0 Å². The van der Waals surface area contributed by atoms with Crippen molar-refractivity contribution >= 4 is 17.5 Å². The lowest BCUT2D eigenvalue weighted by molar-refractivity contribution is -0.120. The maximum atomic E-state index is 12.9.